The van der Waals surface area contributed by atoms with Crippen LogP contribution in [0.3, 0.4) is 0 Å². The Kier molecular flexibility index (Phi) is 5.45. The van der Waals surface area contributed by atoms with Crippen LogP contribution in [0.15, 0.2) is 24.3 Å². The summed E-state index contributed by atoms with van der Waals surface area (Å²) in [4.78, 5) is 23.3. The van der Waals surface area contributed by atoms with E-state index in [1.54, 1.807) is 13.1 Å². The number of carboxylic acids is 1. The van der Waals surface area contributed by atoms with Crippen molar-refractivity contribution >= 4 is 23.6 Å². The normalized spacial score (nSPS) is 9.89. The van der Waals surface area contributed by atoms with Gasteiger partial charge in [0.1, 0.15) is 0 Å². The molecule has 0 aliphatic carbocycles. The monoisotopic (exact) mass is 270 g/mol. The molecule has 0 atom stereocenters. The third-order valence-electron chi connectivity index (χ3n) is 2.40. The zero-order valence-electron chi connectivity index (χ0n) is 10.0. The Morgan fingerprint density at radius 1 is 1.39 bits per heavy atom. The second kappa shape index (κ2) is 6.86. The Bertz CT molecular complexity index is 437. The fourth-order valence-corrected chi connectivity index (χ4v) is 1.51. The molecule has 5 nitrogen and oxygen atoms in total. The average Bonchev–Trinajstić information content (AvgIpc) is 2.34. The van der Waals surface area contributed by atoms with Crippen molar-refractivity contribution in [3.8, 4) is 0 Å². The molecule has 0 spiro atoms. The molecule has 2 amide bonds. The molecule has 0 aliphatic heterocycles. The Morgan fingerprint density at radius 3 is 2.67 bits per heavy atom. The largest absolute Gasteiger partial charge is 0.481 e. The first-order valence-corrected chi connectivity index (χ1v) is 5.82. The molecular weight excluding hydrogens is 256 g/mol. The standard InChI is InChI=1S/C12H15ClN2O3/c1-15(7-6-11(16)17)12(18)14-8-9-4-2-3-5-10(9)13/h2-5H,6-8H2,1H3,(H,14,18)(H,16,17). The van der Waals surface area contributed by atoms with Crippen LogP contribution in [0.5, 0.6) is 0 Å². The van der Waals surface area contributed by atoms with Crippen molar-refractivity contribution in [1.29, 1.82) is 0 Å². The zero-order chi connectivity index (χ0) is 13.5. The first-order valence-electron chi connectivity index (χ1n) is 5.45. The van der Waals surface area contributed by atoms with E-state index in [0.717, 1.165) is 5.56 Å². The molecule has 0 bridgehead atoms. The Hall–Kier alpha value is -1.75. The van der Waals surface area contributed by atoms with E-state index in [1.165, 1.54) is 4.90 Å². The molecule has 1 rings (SSSR count). The van der Waals surface area contributed by atoms with Crippen LogP contribution >= 0.6 is 11.6 Å². The summed E-state index contributed by atoms with van der Waals surface area (Å²) in [5, 5.41) is 11.8. The van der Waals surface area contributed by atoms with Gasteiger partial charge < -0.3 is 15.3 Å². The first-order chi connectivity index (χ1) is 8.50. The fraction of sp³-hybridized carbons (Fsp3) is 0.333. The molecule has 0 heterocycles. The highest BCUT2D eigenvalue weighted by Crippen LogP contribution is 2.14. The van der Waals surface area contributed by atoms with Crippen LogP contribution in [-0.4, -0.2) is 35.6 Å². The van der Waals surface area contributed by atoms with E-state index >= 15 is 0 Å². The number of hydrogen-bond acceptors (Lipinski definition) is 2. The van der Waals surface area contributed by atoms with Crippen LogP contribution in [0.4, 0.5) is 4.79 Å². The van der Waals surface area contributed by atoms with Crippen LogP contribution < -0.4 is 5.32 Å². The summed E-state index contributed by atoms with van der Waals surface area (Å²) in [6.07, 6.45) is -0.0734. The van der Waals surface area contributed by atoms with Crippen LogP contribution in [0.2, 0.25) is 5.02 Å². The molecule has 98 valence electrons. The zero-order valence-corrected chi connectivity index (χ0v) is 10.8. The Morgan fingerprint density at radius 2 is 2.06 bits per heavy atom. The number of urea groups is 1. The summed E-state index contributed by atoms with van der Waals surface area (Å²) in [6, 6.07) is 6.89. The number of benzene rings is 1. The summed E-state index contributed by atoms with van der Waals surface area (Å²) in [5.41, 5.74) is 0.819. The number of carbonyl (C=O) groups is 2. The van der Waals surface area contributed by atoms with Gasteiger partial charge in [0.15, 0.2) is 0 Å². The van der Waals surface area contributed by atoms with E-state index in [4.69, 9.17) is 16.7 Å². The molecule has 0 saturated heterocycles. The molecule has 6 heteroatoms. The second-order valence-electron chi connectivity index (χ2n) is 3.82. The summed E-state index contributed by atoms with van der Waals surface area (Å²) in [5.74, 6) is -0.930. The highest BCUT2D eigenvalue weighted by Gasteiger charge is 2.10. The van der Waals surface area contributed by atoms with Crippen LogP contribution in [0.1, 0.15) is 12.0 Å². The number of amides is 2. The number of nitrogens with one attached hydrogen (secondary N) is 1. The summed E-state index contributed by atoms with van der Waals surface area (Å²) < 4.78 is 0. The van der Waals surface area contributed by atoms with E-state index in [-0.39, 0.29) is 19.0 Å². The van der Waals surface area contributed by atoms with Crippen molar-refractivity contribution in [2.24, 2.45) is 0 Å². The van der Waals surface area contributed by atoms with E-state index in [2.05, 4.69) is 5.32 Å². The van der Waals surface area contributed by atoms with E-state index in [1.807, 2.05) is 18.2 Å². The maximum atomic E-state index is 11.6. The minimum atomic E-state index is -0.930. The minimum Gasteiger partial charge on any atom is -0.481 e. The molecule has 0 saturated carbocycles. The maximum absolute atomic E-state index is 11.6. The maximum Gasteiger partial charge on any atom is 0.317 e. The van der Waals surface area contributed by atoms with Gasteiger partial charge in [-0.2, -0.15) is 0 Å². The van der Waals surface area contributed by atoms with Crippen molar-refractivity contribution < 1.29 is 14.7 Å². The van der Waals surface area contributed by atoms with Gasteiger partial charge in [0.05, 0.1) is 6.42 Å². The van der Waals surface area contributed by atoms with Gasteiger partial charge >= 0.3 is 12.0 Å². The number of halogens is 1. The summed E-state index contributed by atoms with van der Waals surface area (Å²) in [6.45, 7) is 0.486. The van der Waals surface area contributed by atoms with Gasteiger partial charge in [0.25, 0.3) is 0 Å². The molecule has 1 aromatic rings. The van der Waals surface area contributed by atoms with Gasteiger partial charge in [-0.05, 0) is 11.6 Å². The van der Waals surface area contributed by atoms with E-state index in [0.29, 0.717) is 11.6 Å². The van der Waals surface area contributed by atoms with Crippen molar-refractivity contribution in [3.63, 3.8) is 0 Å². The third kappa shape index (κ3) is 4.63. The molecule has 0 unspecified atom stereocenters. The van der Waals surface area contributed by atoms with Crippen LogP contribution in [-0.2, 0) is 11.3 Å². The Balaban J connectivity index is 2.41. The first kappa shape index (κ1) is 14.3. The molecule has 0 fully saturated rings. The average molecular weight is 271 g/mol. The van der Waals surface area contributed by atoms with Crippen molar-refractivity contribution in [2.75, 3.05) is 13.6 Å². The molecule has 2 N–H and O–H groups in total. The molecule has 18 heavy (non-hydrogen) atoms. The fourth-order valence-electron chi connectivity index (χ4n) is 1.31. The lowest BCUT2D eigenvalue weighted by Gasteiger charge is -2.17. The van der Waals surface area contributed by atoms with Gasteiger partial charge in [-0.15, -0.1) is 0 Å². The van der Waals surface area contributed by atoms with E-state index < -0.39 is 5.97 Å². The van der Waals surface area contributed by atoms with Gasteiger partial charge in [-0.25, -0.2) is 4.79 Å². The lowest BCUT2D eigenvalue weighted by atomic mass is 10.2. The Labute approximate surface area is 110 Å². The van der Waals surface area contributed by atoms with E-state index in [9.17, 15) is 9.59 Å². The predicted octanol–water partition coefficient (Wildman–Crippen LogP) is 1.96. The van der Waals surface area contributed by atoms with Gasteiger partial charge in [-0.1, -0.05) is 29.8 Å². The third-order valence-corrected chi connectivity index (χ3v) is 2.76. The SMILES string of the molecule is CN(CCC(=O)O)C(=O)NCc1ccccc1Cl. The molecule has 0 radical (unpaired) electrons. The van der Waals surface area contributed by atoms with Crippen molar-refractivity contribution in [3.05, 3.63) is 34.9 Å². The van der Waals surface area contributed by atoms with Crippen LogP contribution in [0.25, 0.3) is 0 Å². The molecule has 0 aromatic heterocycles. The highest BCUT2D eigenvalue weighted by atomic mass is 35.5. The summed E-state index contributed by atoms with van der Waals surface area (Å²) >= 11 is 5.95. The topological polar surface area (TPSA) is 69.6 Å². The molecular formula is C12H15ClN2O3. The second-order valence-corrected chi connectivity index (χ2v) is 4.22. The highest BCUT2D eigenvalue weighted by molar-refractivity contribution is 6.31. The van der Waals surface area contributed by atoms with Gasteiger partial charge in [0, 0.05) is 25.2 Å². The predicted molar refractivity (Wildman–Crippen MR) is 68.6 cm³/mol. The quantitative estimate of drug-likeness (QED) is 0.859. The molecule has 0 aliphatic rings. The van der Waals surface area contributed by atoms with Crippen molar-refractivity contribution in [1.82, 2.24) is 10.2 Å². The minimum absolute atomic E-state index is 0.0734. The van der Waals surface area contributed by atoms with Crippen molar-refractivity contribution in [2.45, 2.75) is 13.0 Å². The molecule has 1 aromatic carbocycles. The van der Waals surface area contributed by atoms with Gasteiger partial charge in [0.2, 0.25) is 0 Å². The number of rotatable bonds is 5. The number of nitrogens with zero attached hydrogens (tertiary/aromatic N) is 1. The lowest BCUT2D eigenvalue weighted by Crippen LogP contribution is -2.38. The number of carboxylic acid groups (broad SMARTS) is 1. The van der Waals surface area contributed by atoms with Crippen LogP contribution in [0, 0.1) is 0 Å². The van der Waals surface area contributed by atoms with Gasteiger partial charge in [-0.3, -0.25) is 4.79 Å². The summed E-state index contributed by atoms with van der Waals surface area (Å²) in [7, 11) is 1.55. The number of hydrogen-bond donors (Lipinski definition) is 2. The lowest BCUT2D eigenvalue weighted by molar-refractivity contribution is -0.137. The number of aliphatic carboxylic acids is 1. The number of carbonyl (C=O) groups excluding carboxylic acids is 1. The smallest absolute Gasteiger partial charge is 0.317 e.